The minimum Gasteiger partial charge on any atom is -0.437 e. The third-order valence-corrected chi connectivity index (χ3v) is 5.40. The quantitative estimate of drug-likeness (QED) is 0.309. The summed E-state index contributed by atoms with van der Waals surface area (Å²) < 4.78 is 6.03. The molecule has 0 aliphatic carbocycles. The monoisotopic (exact) mass is 419 g/mol. The van der Waals surface area contributed by atoms with E-state index in [4.69, 9.17) is 4.42 Å². The van der Waals surface area contributed by atoms with E-state index in [9.17, 15) is 0 Å². The smallest absolute Gasteiger partial charge is 0.220 e. The molecule has 0 saturated heterocycles. The normalized spacial score (nSPS) is 11.5. The molecule has 31 heavy (non-hydrogen) atoms. The molecule has 0 aliphatic heterocycles. The molecule has 0 aliphatic rings. The molecule has 0 spiro atoms. The first-order valence-corrected chi connectivity index (χ1v) is 11.9. The van der Waals surface area contributed by atoms with Gasteiger partial charge in [0.1, 0.15) is 5.52 Å². The fraction of sp³-hybridized carbons (Fsp3) is 0.444. The number of fused-ring (bicyclic) bond motifs is 1. The van der Waals surface area contributed by atoms with Gasteiger partial charge in [-0.1, -0.05) is 39.8 Å². The second-order valence-corrected chi connectivity index (χ2v) is 8.10. The zero-order valence-electron chi connectivity index (χ0n) is 19.6. The minimum atomic E-state index is 0.646. The van der Waals surface area contributed by atoms with Gasteiger partial charge >= 0.3 is 0 Å². The van der Waals surface area contributed by atoms with Crippen molar-refractivity contribution >= 4 is 34.6 Å². The molecular formula is C27H37N3O. The first-order chi connectivity index (χ1) is 15.2. The fourth-order valence-electron chi connectivity index (χ4n) is 3.98. The molecule has 166 valence electrons. The van der Waals surface area contributed by atoms with Crippen LogP contribution in [0.15, 0.2) is 46.9 Å². The Kier molecular flexibility index (Phi) is 8.57. The molecule has 0 radical (unpaired) electrons. The lowest BCUT2D eigenvalue weighted by Gasteiger charge is -2.23. The van der Waals surface area contributed by atoms with E-state index in [1.54, 1.807) is 0 Å². The summed E-state index contributed by atoms with van der Waals surface area (Å²) in [5.74, 6) is 0.646. The molecule has 0 saturated carbocycles. The van der Waals surface area contributed by atoms with E-state index in [1.807, 2.05) is 6.08 Å². The molecule has 1 aromatic heterocycles. The van der Waals surface area contributed by atoms with Gasteiger partial charge in [0.25, 0.3) is 0 Å². The number of anilines is 2. The van der Waals surface area contributed by atoms with Crippen molar-refractivity contribution in [2.24, 2.45) is 0 Å². The second-order valence-electron chi connectivity index (χ2n) is 8.10. The molecule has 0 bridgehead atoms. The number of nitrogens with zero attached hydrogens (tertiary/aromatic N) is 3. The SMILES string of the molecule is CCCN(CCC)c1ccc(/C=C/c2nc3ccc(N(CCC)CCC)cc3o2)cc1. The van der Waals surface area contributed by atoms with Crippen molar-refractivity contribution in [2.75, 3.05) is 36.0 Å². The van der Waals surface area contributed by atoms with Crippen LogP contribution in [-0.2, 0) is 0 Å². The first-order valence-electron chi connectivity index (χ1n) is 11.9. The Morgan fingerprint density at radius 2 is 1.26 bits per heavy atom. The summed E-state index contributed by atoms with van der Waals surface area (Å²) in [5.41, 5.74) is 5.40. The highest BCUT2D eigenvalue weighted by molar-refractivity contribution is 5.80. The van der Waals surface area contributed by atoms with Gasteiger partial charge in [0, 0.05) is 49.7 Å². The Bertz CT molecular complexity index is 946. The lowest BCUT2D eigenvalue weighted by atomic mass is 10.1. The van der Waals surface area contributed by atoms with Crippen LogP contribution >= 0.6 is 0 Å². The van der Waals surface area contributed by atoms with Gasteiger partial charge in [0.05, 0.1) is 0 Å². The molecule has 0 amide bonds. The molecule has 0 N–H and O–H groups in total. The molecule has 0 unspecified atom stereocenters. The molecule has 1 heterocycles. The summed E-state index contributed by atoms with van der Waals surface area (Å²) in [7, 11) is 0. The van der Waals surface area contributed by atoms with Crippen molar-refractivity contribution in [1.82, 2.24) is 4.98 Å². The van der Waals surface area contributed by atoms with E-state index in [1.165, 1.54) is 11.4 Å². The molecule has 4 heteroatoms. The van der Waals surface area contributed by atoms with Crippen LogP contribution in [-0.4, -0.2) is 31.2 Å². The highest BCUT2D eigenvalue weighted by atomic mass is 16.3. The Hall–Kier alpha value is -2.75. The van der Waals surface area contributed by atoms with Gasteiger partial charge in [-0.15, -0.1) is 0 Å². The van der Waals surface area contributed by atoms with Gasteiger partial charge in [-0.2, -0.15) is 0 Å². The number of rotatable bonds is 12. The van der Waals surface area contributed by atoms with Crippen molar-refractivity contribution < 1.29 is 4.42 Å². The number of benzene rings is 2. The van der Waals surface area contributed by atoms with Crippen molar-refractivity contribution in [3.63, 3.8) is 0 Å². The van der Waals surface area contributed by atoms with Gasteiger partial charge in [-0.05, 0) is 61.6 Å². The summed E-state index contributed by atoms with van der Waals surface area (Å²) >= 11 is 0. The zero-order valence-corrected chi connectivity index (χ0v) is 19.6. The second kappa shape index (κ2) is 11.6. The maximum atomic E-state index is 6.03. The topological polar surface area (TPSA) is 32.5 Å². The predicted molar refractivity (Wildman–Crippen MR) is 135 cm³/mol. The van der Waals surface area contributed by atoms with E-state index < -0.39 is 0 Å². The van der Waals surface area contributed by atoms with E-state index in [0.29, 0.717) is 5.89 Å². The van der Waals surface area contributed by atoms with Gasteiger partial charge in [0.15, 0.2) is 5.58 Å². The summed E-state index contributed by atoms with van der Waals surface area (Å²) in [6.07, 6.45) is 8.62. The fourth-order valence-corrected chi connectivity index (χ4v) is 3.98. The summed E-state index contributed by atoms with van der Waals surface area (Å²) in [4.78, 5) is 9.50. The van der Waals surface area contributed by atoms with Crippen LogP contribution in [0.5, 0.6) is 0 Å². The summed E-state index contributed by atoms with van der Waals surface area (Å²) in [6.45, 7) is 13.2. The van der Waals surface area contributed by atoms with Crippen LogP contribution in [0.25, 0.3) is 23.3 Å². The zero-order chi connectivity index (χ0) is 22.1. The number of hydrogen-bond acceptors (Lipinski definition) is 4. The van der Waals surface area contributed by atoms with Gasteiger partial charge in [-0.3, -0.25) is 0 Å². The highest BCUT2D eigenvalue weighted by Gasteiger charge is 2.09. The maximum Gasteiger partial charge on any atom is 0.220 e. The molecule has 3 aromatic rings. The van der Waals surface area contributed by atoms with Crippen molar-refractivity contribution in [2.45, 2.75) is 53.4 Å². The lowest BCUT2D eigenvalue weighted by molar-refractivity contribution is 0.589. The first kappa shape index (κ1) is 22.9. The maximum absolute atomic E-state index is 6.03. The molecule has 4 nitrogen and oxygen atoms in total. The standard InChI is InChI=1S/C27H37N3O/c1-5-17-29(18-6-2)23-12-9-22(10-13-23)11-16-27-28-25-15-14-24(21-26(25)31-27)30(19-7-3)20-8-4/h9-16,21H,5-8,17-20H2,1-4H3/b16-11+. The van der Waals surface area contributed by atoms with Gasteiger partial charge in [0.2, 0.25) is 5.89 Å². The predicted octanol–water partition coefficient (Wildman–Crippen LogP) is 7.25. The van der Waals surface area contributed by atoms with E-state index in [0.717, 1.165) is 68.5 Å². The van der Waals surface area contributed by atoms with Gasteiger partial charge < -0.3 is 14.2 Å². The summed E-state index contributed by atoms with van der Waals surface area (Å²) in [6, 6.07) is 15.1. The number of oxazole rings is 1. The van der Waals surface area contributed by atoms with Crippen LogP contribution in [0.1, 0.15) is 64.8 Å². The molecular weight excluding hydrogens is 382 g/mol. The lowest BCUT2D eigenvalue weighted by Crippen LogP contribution is -2.24. The Labute approximate surface area is 187 Å². The van der Waals surface area contributed by atoms with Crippen LogP contribution in [0, 0.1) is 0 Å². The average Bonchev–Trinajstić information content (AvgIpc) is 3.20. The Balaban J connectivity index is 1.73. The molecule has 0 atom stereocenters. The summed E-state index contributed by atoms with van der Waals surface area (Å²) in [5, 5.41) is 0. The Morgan fingerprint density at radius 3 is 1.84 bits per heavy atom. The van der Waals surface area contributed by atoms with Gasteiger partial charge in [-0.25, -0.2) is 4.98 Å². The largest absolute Gasteiger partial charge is 0.437 e. The Morgan fingerprint density at radius 1 is 0.710 bits per heavy atom. The molecule has 0 fully saturated rings. The molecule has 2 aromatic carbocycles. The van der Waals surface area contributed by atoms with E-state index in [2.05, 4.69) is 91.0 Å². The van der Waals surface area contributed by atoms with Crippen LogP contribution in [0.2, 0.25) is 0 Å². The third-order valence-electron chi connectivity index (χ3n) is 5.40. The molecule has 3 rings (SSSR count). The highest BCUT2D eigenvalue weighted by Crippen LogP contribution is 2.24. The van der Waals surface area contributed by atoms with E-state index in [-0.39, 0.29) is 0 Å². The minimum absolute atomic E-state index is 0.646. The van der Waals surface area contributed by atoms with Crippen molar-refractivity contribution in [3.05, 3.63) is 53.9 Å². The third kappa shape index (κ3) is 6.13. The van der Waals surface area contributed by atoms with Crippen molar-refractivity contribution in [1.29, 1.82) is 0 Å². The van der Waals surface area contributed by atoms with Crippen LogP contribution in [0.3, 0.4) is 0 Å². The average molecular weight is 420 g/mol. The number of hydrogen-bond donors (Lipinski definition) is 0. The van der Waals surface area contributed by atoms with Crippen LogP contribution < -0.4 is 9.80 Å². The van der Waals surface area contributed by atoms with E-state index >= 15 is 0 Å². The van der Waals surface area contributed by atoms with Crippen molar-refractivity contribution in [3.8, 4) is 0 Å². The van der Waals surface area contributed by atoms with Crippen LogP contribution in [0.4, 0.5) is 11.4 Å². The number of aromatic nitrogens is 1.